The highest BCUT2D eigenvalue weighted by Crippen LogP contribution is 2.21. The predicted octanol–water partition coefficient (Wildman–Crippen LogP) is 1.68. The minimum absolute atomic E-state index is 0.144. The zero-order chi connectivity index (χ0) is 15.2. The Balaban J connectivity index is 2.35. The SMILES string of the molecule is Cc1ccccc1N(CCCN)C(=O)c1ccc(=O)[nH]c1. The molecule has 0 unspecified atom stereocenters. The first-order valence-corrected chi connectivity index (χ1v) is 6.90. The molecule has 5 heteroatoms. The van der Waals surface area contributed by atoms with Crippen LogP contribution in [0.4, 0.5) is 5.69 Å². The summed E-state index contributed by atoms with van der Waals surface area (Å²) >= 11 is 0. The van der Waals surface area contributed by atoms with E-state index < -0.39 is 0 Å². The van der Waals surface area contributed by atoms with Crippen LogP contribution in [-0.2, 0) is 0 Å². The second-order valence-electron chi connectivity index (χ2n) is 4.83. The minimum atomic E-state index is -0.226. The molecule has 0 bridgehead atoms. The van der Waals surface area contributed by atoms with E-state index in [-0.39, 0.29) is 11.5 Å². The molecule has 3 N–H and O–H groups in total. The van der Waals surface area contributed by atoms with Crippen LogP contribution in [0.1, 0.15) is 22.3 Å². The number of aromatic nitrogens is 1. The molecular weight excluding hydrogens is 266 g/mol. The van der Waals surface area contributed by atoms with Gasteiger partial charge < -0.3 is 15.6 Å². The van der Waals surface area contributed by atoms with E-state index in [1.54, 1.807) is 4.90 Å². The van der Waals surface area contributed by atoms with E-state index in [1.165, 1.54) is 18.3 Å². The van der Waals surface area contributed by atoms with Crippen molar-refractivity contribution in [2.45, 2.75) is 13.3 Å². The van der Waals surface area contributed by atoms with Crippen LogP contribution in [0.3, 0.4) is 0 Å². The molecule has 0 saturated heterocycles. The van der Waals surface area contributed by atoms with E-state index in [2.05, 4.69) is 4.98 Å². The number of aromatic amines is 1. The summed E-state index contributed by atoms with van der Waals surface area (Å²) in [6, 6.07) is 10.6. The van der Waals surface area contributed by atoms with Crippen LogP contribution >= 0.6 is 0 Å². The molecular formula is C16H19N3O2. The van der Waals surface area contributed by atoms with Crippen LogP contribution in [0.15, 0.2) is 47.4 Å². The maximum absolute atomic E-state index is 12.7. The van der Waals surface area contributed by atoms with Crippen molar-refractivity contribution in [1.29, 1.82) is 0 Å². The molecule has 0 aliphatic heterocycles. The topological polar surface area (TPSA) is 79.2 Å². The molecule has 0 atom stereocenters. The third-order valence-corrected chi connectivity index (χ3v) is 3.27. The zero-order valence-electron chi connectivity index (χ0n) is 12.0. The largest absolute Gasteiger partial charge is 0.330 e. The Labute approximate surface area is 123 Å². The second kappa shape index (κ2) is 6.85. The number of amides is 1. The number of hydrogen-bond acceptors (Lipinski definition) is 3. The highest BCUT2D eigenvalue weighted by atomic mass is 16.2. The van der Waals surface area contributed by atoms with Gasteiger partial charge in [-0.15, -0.1) is 0 Å². The Kier molecular flexibility index (Phi) is 4.90. The summed E-state index contributed by atoms with van der Waals surface area (Å²) in [6.45, 7) is 3.02. The zero-order valence-corrected chi connectivity index (χ0v) is 12.0. The Bertz CT molecular complexity index is 659. The molecule has 0 spiro atoms. The summed E-state index contributed by atoms with van der Waals surface area (Å²) in [5.41, 5.74) is 7.68. The van der Waals surface area contributed by atoms with E-state index in [1.807, 2.05) is 31.2 Å². The highest BCUT2D eigenvalue weighted by molar-refractivity contribution is 6.06. The van der Waals surface area contributed by atoms with Gasteiger partial charge in [-0.05, 0) is 37.6 Å². The van der Waals surface area contributed by atoms with Crippen molar-refractivity contribution >= 4 is 11.6 Å². The van der Waals surface area contributed by atoms with Gasteiger partial charge in [0.25, 0.3) is 5.91 Å². The molecule has 0 aliphatic carbocycles. The fourth-order valence-electron chi connectivity index (χ4n) is 2.15. The van der Waals surface area contributed by atoms with Gasteiger partial charge in [0.2, 0.25) is 5.56 Å². The number of nitrogens with zero attached hydrogens (tertiary/aromatic N) is 1. The molecule has 0 radical (unpaired) electrons. The molecule has 0 saturated carbocycles. The first kappa shape index (κ1) is 15.0. The van der Waals surface area contributed by atoms with Crippen LogP contribution in [0, 0.1) is 6.92 Å². The Hall–Kier alpha value is -2.40. The number of carbonyl (C=O) groups is 1. The summed E-state index contributed by atoms with van der Waals surface area (Å²) in [6.07, 6.45) is 2.15. The van der Waals surface area contributed by atoms with Crippen LogP contribution in [-0.4, -0.2) is 24.0 Å². The van der Waals surface area contributed by atoms with Gasteiger partial charge in [-0.3, -0.25) is 9.59 Å². The summed E-state index contributed by atoms with van der Waals surface area (Å²) < 4.78 is 0. The lowest BCUT2D eigenvalue weighted by molar-refractivity contribution is 0.0986. The Morgan fingerprint density at radius 1 is 1.24 bits per heavy atom. The number of rotatable bonds is 5. The number of carbonyl (C=O) groups excluding carboxylic acids is 1. The van der Waals surface area contributed by atoms with Crippen molar-refractivity contribution in [3.05, 3.63) is 64.1 Å². The molecule has 2 rings (SSSR count). The molecule has 1 aromatic heterocycles. The number of para-hydroxylation sites is 1. The molecule has 0 aliphatic rings. The Morgan fingerprint density at radius 3 is 2.62 bits per heavy atom. The maximum Gasteiger partial charge on any atom is 0.259 e. The smallest absolute Gasteiger partial charge is 0.259 e. The number of pyridine rings is 1. The molecule has 1 aromatic carbocycles. The van der Waals surface area contributed by atoms with E-state index in [0.29, 0.717) is 25.1 Å². The molecule has 21 heavy (non-hydrogen) atoms. The number of nitrogens with two attached hydrogens (primary N) is 1. The summed E-state index contributed by atoms with van der Waals surface area (Å²) in [5.74, 6) is -0.144. The number of hydrogen-bond donors (Lipinski definition) is 2. The summed E-state index contributed by atoms with van der Waals surface area (Å²) in [5, 5.41) is 0. The molecule has 2 aromatic rings. The number of nitrogens with one attached hydrogen (secondary N) is 1. The minimum Gasteiger partial charge on any atom is -0.330 e. The molecule has 1 amide bonds. The summed E-state index contributed by atoms with van der Waals surface area (Å²) in [7, 11) is 0. The van der Waals surface area contributed by atoms with Crippen LogP contribution in [0.2, 0.25) is 0 Å². The third kappa shape index (κ3) is 3.58. The van der Waals surface area contributed by atoms with E-state index >= 15 is 0 Å². The molecule has 110 valence electrons. The normalized spacial score (nSPS) is 10.4. The van der Waals surface area contributed by atoms with Crippen molar-refractivity contribution in [3.8, 4) is 0 Å². The van der Waals surface area contributed by atoms with E-state index in [4.69, 9.17) is 5.73 Å². The third-order valence-electron chi connectivity index (χ3n) is 3.27. The first-order chi connectivity index (χ1) is 10.1. The van der Waals surface area contributed by atoms with Crippen LogP contribution in [0.5, 0.6) is 0 Å². The van der Waals surface area contributed by atoms with Gasteiger partial charge in [0.15, 0.2) is 0 Å². The maximum atomic E-state index is 12.7. The predicted molar refractivity (Wildman–Crippen MR) is 83.6 cm³/mol. The average molecular weight is 285 g/mol. The van der Waals surface area contributed by atoms with Crippen molar-refractivity contribution in [1.82, 2.24) is 4.98 Å². The standard InChI is InChI=1S/C16H19N3O2/c1-12-5-2-3-6-14(12)19(10-4-9-17)16(21)13-7-8-15(20)18-11-13/h2-3,5-8,11H,4,9-10,17H2,1H3,(H,18,20). The van der Waals surface area contributed by atoms with Crippen molar-refractivity contribution in [2.75, 3.05) is 18.0 Å². The van der Waals surface area contributed by atoms with E-state index in [0.717, 1.165) is 11.3 Å². The first-order valence-electron chi connectivity index (χ1n) is 6.90. The molecule has 0 fully saturated rings. The fraction of sp³-hybridized carbons (Fsp3) is 0.250. The van der Waals surface area contributed by atoms with Crippen LogP contribution in [0.25, 0.3) is 0 Å². The second-order valence-corrected chi connectivity index (χ2v) is 4.83. The van der Waals surface area contributed by atoms with Crippen molar-refractivity contribution < 1.29 is 4.79 Å². The van der Waals surface area contributed by atoms with Gasteiger partial charge in [-0.1, -0.05) is 18.2 Å². The molecule has 5 nitrogen and oxygen atoms in total. The van der Waals surface area contributed by atoms with E-state index in [9.17, 15) is 9.59 Å². The summed E-state index contributed by atoms with van der Waals surface area (Å²) in [4.78, 5) is 28.0. The average Bonchev–Trinajstić information content (AvgIpc) is 2.50. The van der Waals surface area contributed by atoms with Gasteiger partial charge in [-0.2, -0.15) is 0 Å². The van der Waals surface area contributed by atoms with Gasteiger partial charge in [0.1, 0.15) is 0 Å². The van der Waals surface area contributed by atoms with Gasteiger partial charge >= 0.3 is 0 Å². The lowest BCUT2D eigenvalue weighted by atomic mass is 10.1. The lowest BCUT2D eigenvalue weighted by Crippen LogP contribution is -2.33. The lowest BCUT2D eigenvalue weighted by Gasteiger charge is -2.24. The number of anilines is 1. The fourth-order valence-corrected chi connectivity index (χ4v) is 2.15. The van der Waals surface area contributed by atoms with Crippen molar-refractivity contribution in [3.63, 3.8) is 0 Å². The Morgan fingerprint density at radius 2 is 2.00 bits per heavy atom. The van der Waals surface area contributed by atoms with Gasteiger partial charge in [0, 0.05) is 24.5 Å². The quantitative estimate of drug-likeness (QED) is 0.877. The van der Waals surface area contributed by atoms with Gasteiger partial charge in [-0.25, -0.2) is 0 Å². The number of benzene rings is 1. The van der Waals surface area contributed by atoms with Crippen LogP contribution < -0.4 is 16.2 Å². The molecule has 1 heterocycles. The monoisotopic (exact) mass is 285 g/mol. The highest BCUT2D eigenvalue weighted by Gasteiger charge is 2.18. The van der Waals surface area contributed by atoms with Gasteiger partial charge in [0.05, 0.1) is 5.56 Å². The number of H-pyrrole nitrogens is 1. The number of aryl methyl sites for hydroxylation is 1. The van der Waals surface area contributed by atoms with Crippen molar-refractivity contribution in [2.24, 2.45) is 5.73 Å².